The van der Waals surface area contributed by atoms with E-state index in [2.05, 4.69) is 20.3 Å². The van der Waals surface area contributed by atoms with Crippen molar-refractivity contribution in [3.05, 3.63) is 40.2 Å². The molecule has 4 heterocycles. The molecule has 1 unspecified atom stereocenters. The second kappa shape index (κ2) is 8.53. The number of rotatable bonds is 6. The highest BCUT2D eigenvalue weighted by Crippen LogP contribution is 2.39. The normalized spacial score (nSPS) is 27.7. The molecule has 1 aromatic carbocycles. The number of fused-ring (bicyclic) bond motifs is 3. The average molecular weight is 491 g/mol. The van der Waals surface area contributed by atoms with Crippen LogP contribution in [0.25, 0.3) is 11.2 Å². The fraction of sp³-hybridized carbons (Fsp3) is 0.478. The molecule has 0 radical (unpaired) electrons. The summed E-state index contributed by atoms with van der Waals surface area (Å²) in [4.78, 5) is 12.0. The number of hydrogen-bond donors (Lipinski definition) is 3. The smallest absolute Gasteiger partial charge is 0.296 e. The lowest BCUT2D eigenvalue weighted by atomic mass is 10.1. The van der Waals surface area contributed by atoms with Crippen LogP contribution in [-0.4, -0.2) is 64.3 Å². The van der Waals surface area contributed by atoms with E-state index in [1.807, 2.05) is 13.0 Å². The van der Waals surface area contributed by atoms with E-state index in [0.29, 0.717) is 53.0 Å². The number of anilines is 1. The lowest BCUT2D eigenvalue weighted by molar-refractivity contribution is 0.00706. The van der Waals surface area contributed by atoms with Gasteiger partial charge in [0.05, 0.1) is 36.4 Å². The maximum Gasteiger partial charge on any atom is 0.296 e. The molecule has 2 aromatic heterocycles. The molecule has 5 atom stereocenters. The molecule has 1 aliphatic carbocycles. The summed E-state index contributed by atoms with van der Waals surface area (Å²) in [5, 5.41) is 13.6. The second-order valence-corrected chi connectivity index (χ2v) is 9.11. The number of aliphatic hydroxyl groups is 1. The van der Waals surface area contributed by atoms with E-state index in [9.17, 15) is 9.50 Å². The van der Waals surface area contributed by atoms with E-state index < -0.39 is 18.3 Å². The van der Waals surface area contributed by atoms with Crippen LogP contribution in [0.15, 0.2) is 18.2 Å². The van der Waals surface area contributed by atoms with Gasteiger partial charge in [-0.3, -0.25) is 0 Å². The Morgan fingerprint density at radius 1 is 1.24 bits per heavy atom. The molecule has 9 nitrogen and oxygen atoms in total. The van der Waals surface area contributed by atoms with Crippen molar-refractivity contribution in [3.8, 4) is 11.8 Å². The molecular formula is C23H24ClFN4O5. The number of pyridine rings is 1. The Kier molecular flexibility index (Phi) is 5.48. The standard InChI is InChI=1S/C23H24ClFN4O5/c1-2-31-11-5-10-3-4-14(18(10)13(25)6-11)26-21-12(24)7-15-22(28-21)29-23(27-15)34-17-9-33-19-16(30)8-32-20(17)19/h5-7,14,16-17,19-20,30H,2-4,8-9H2,1H3,(H2,26,27,28,29)/t14?,16-,17-,19-,20-/m1/s1. The van der Waals surface area contributed by atoms with Crippen LogP contribution in [-0.2, 0) is 15.9 Å². The van der Waals surface area contributed by atoms with Gasteiger partial charge in [-0.2, -0.15) is 4.98 Å². The molecule has 34 heavy (non-hydrogen) atoms. The molecule has 0 bridgehead atoms. The molecule has 11 heteroatoms. The minimum atomic E-state index is -0.653. The summed E-state index contributed by atoms with van der Waals surface area (Å²) in [7, 11) is 0. The lowest BCUT2D eigenvalue weighted by Gasteiger charge is -2.17. The summed E-state index contributed by atoms with van der Waals surface area (Å²) in [6.45, 7) is 2.87. The summed E-state index contributed by atoms with van der Waals surface area (Å²) in [6.07, 6.45) is -0.347. The second-order valence-electron chi connectivity index (χ2n) is 8.70. The molecule has 3 N–H and O–H groups in total. The summed E-state index contributed by atoms with van der Waals surface area (Å²) in [6, 6.07) is 5.02. The van der Waals surface area contributed by atoms with Gasteiger partial charge >= 0.3 is 0 Å². The van der Waals surface area contributed by atoms with Crippen LogP contribution in [0.5, 0.6) is 11.8 Å². The van der Waals surface area contributed by atoms with Gasteiger partial charge in [0, 0.05) is 11.6 Å². The summed E-state index contributed by atoms with van der Waals surface area (Å²) in [5.74, 6) is 0.655. The number of nitrogens with one attached hydrogen (secondary N) is 2. The van der Waals surface area contributed by atoms with Crippen molar-refractivity contribution in [1.82, 2.24) is 15.0 Å². The van der Waals surface area contributed by atoms with E-state index in [1.165, 1.54) is 6.07 Å². The quantitative estimate of drug-likeness (QED) is 0.483. The van der Waals surface area contributed by atoms with Crippen LogP contribution < -0.4 is 14.8 Å². The third-order valence-electron chi connectivity index (χ3n) is 6.51. The fourth-order valence-electron chi connectivity index (χ4n) is 4.99. The van der Waals surface area contributed by atoms with Gasteiger partial charge in [-0.15, -0.1) is 0 Å². The topological polar surface area (TPSA) is 111 Å². The number of aromatic nitrogens is 3. The van der Waals surface area contributed by atoms with Crippen LogP contribution in [0.2, 0.25) is 5.02 Å². The number of aromatic amines is 1. The zero-order chi connectivity index (χ0) is 23.4. The van der Waals surface area contributed by atoms with Gasteiger partial charge in [-0.25, -0.2) is 9.37 Å². The van der Waals surface area contributed by atoms with Crippen molar-refractivity contribution >= 4 is 28.6 Å². The van der Waals surface area contributed by atoms with Crippen LogP contribution in [0.4, 0.5) is 10.2 Å². The number of benzene rings is 1. The van der Waals surface area contributed by atoms with Crippen LogP contribution in [0, 0.1) is 5.82 Å². The van der Waals surface area contributed by atoms with Gasteiger partial charge in [-0.05, 0) is 37.5 Å². The molecule has 6 rings (SSSR count). The Bertz CT molecular complexity index is 1240. The largest absolute Gasteiger partial charge is 0.494 e. The molecule has 0 amide bonds. The molecule has 2 fully saturated rings. The number of halogens is 2. The zero-order valence-electron chi connectivity index (χ0n) is 18.4. The van der Waals surface area contributed by atoms with Crippen molar-refractivity contribution in [2.75, 3.05) is 25.1 Å². The highest BCUT2D eigenvalue weighted by atomic mass is 35.5. The molecule has 3 aromatic rings. The molecule has 2 saturated heterocycles. The third-order valence-corrected chi connectivity index (χ3v) is 6.80. The van der Waals surface area contributed by atoms with E-state index in [-0.39, 0.29) is 30.6 Å². The Morgan fingerprint density at radius 3 is 2.94 bits per heavy atom. The Hall–Kier alpha value is -2.66. The number of aryl methyl sites for hydroxylation is 1. The predicted octanol–water partition coefficient (Wildman–Crippen LogP) is 3.15. The number of imidazole rings is 1. The zero-order valence-corrected chi connectivity index (χ0v) is 19.1. The van der Waals surface area contributed by atoms with Gasteiger partial charge in [0.15, 0.2) is 11.8 Å². The van der Waals surface area contributed by atoms with Crippen molar-refractivity contribution in [2.24, 2.45) is 0 Å². The van der Waals surface area contributed by atoms with Crippen molar-refractivity contribution in [2.45, 2.75) is 50.2 Å². The monoisotopic (exact) mass is 490 g/mol. The first-order valence-electron chi connectivity index (χ1n) is 11.4. The van der Waals surface area contributed by atoms with Crippen molar-refractivity contribution in [1.29, 1.82) is 0 Å². The van der Waals surface area contributed by atoms with E-state index >= 15 is 0 Å². The molecule has 0 saturated carbocycles. The van der Waals surface area contributed by atoms with Crippen LogP contribution >= 0.6 is 11.6 Å². The van der Waals surface area contributed by atoms with Gasteiger partial charge in [0.1, 0.15) is 35.7 Å². The van der Waals surface area contributed by atoms with Crippen molar-refractivity contribution in [3.63, 3.8) is 0 Å². The van der Waals surface area contributed by atoms with Crippen molar-refractivity contribution < 1.29 is 28.4 Å². The maximum absolute atomic E-state index is 14.9. The summed E-state index contributed by atoms with van der Waals surface area (Å²) >= 11 is 6.49. The number of hydrogen-bond acceptors (Lipinski definition) is 8. The minimum absolute atomic E-state index is 0.222. The number of ether oxygens (including phenoxy) is 4. The van der Waals surface area contributed by atoms with Gasteiger partial charge in [-0.1, -0.05) is 11.6 Å². The predicted molar refractivity (Wildman–Crippen MR) is 121 cm³/mol. The van der Waals surface area contributed by atoms with E-state index in [1.54, 1.807) is 6.07 Å². The SMILES string of the molecule is CCOc1cc(F)c2c(c1)CCC2Nc1nc2nc(O[C@@H]3CO[C@H]4[C@@H]3OC[C@H]4O)[nH]c2cc1Cl. The maximum atomic E-state index is 14.9. The molecule has 0 spiro atoms. The lowest BCUT2D eigenvalue weighted by Crippen LogP contribution is -2.34. The first-order valence-corrected chi connectivity index (χ1v) is 11.7. The Morgan fingerprint density at radius 2 is 2.09 bits per heavy atom. The van der Waals surface area contributed by atoms with Crippen LogP contribution in [0.1, 0.15) is 30.5 Å². The number of nitrogens with zero attached hydrogens (tertiary/aromatic N) is 2. The summed E-state index contributed by atoms with van der Waals surface area (Å²) in [5.41, 5.74) is 2.55. The molecular weight excluding hydrogens is 467 g/mol. The highest BCUT2D eigenvalue weighted by molar-refractivity contribution is 6.33. The van der Waals surface area contributed by atoms with Crippen LogP contribution in [0.3, 0.4) is 0 Å². The van der Waals surface area contributed by atoms with Gasteiger partial charge in [0.25, 0.3) is 6.01 Å². The van der Waals surface area contributed by atoms with Gasteiger partial charge < -0.3 is 34.4 Å². The molecule has 2 aliphatic heterocycles. The fourth-order valence-corrected chi connectivity index (χ4v) is 5.19. The first kappa shape index (κ1) is 21.8. The highest BCUT2D eigenvalue weighted by Gasteiger charge is 2.48. The minimum Gasteiger partial charge on any atom is -0.494 e. The first-order chi connectivity index (χ1) is 16.5. The van der Waals surface area contributed by atoms with Gasteiger partial charge in [0.2, 0.25) is 0 Å². The number of H-pyrrole nitrogens is 1. The van der Waals surface area contributed by atoms with E-state index in [4.69, 9.17) is 30.5 Å². The third kappa shape index (κ3) is 3.74. The van der Waals surface area contributed by atoms with E-state index in [0.717, 1.165) is 12.0 Å². The summed E-state index contributed by atoms with van der Waals surface area (Å²) < 4.78 is 37.4. The molecule has 180 valence electrons. The Balaban J connectivity index is 1.22. The average Bonchev–Trinajstić information content (AvgIpc) is 3.56. The number of aliphatic hydroxyl groups excluding tert-OH is 1. The Labute approximate surface area is 199 Å². The molecule has 3 aliphatic rings.